The number of nitrogens with zero attached hydrogens (tertiary/aromatic N) is 3. The Labute approximate surface area is 191 Å². The first-order valence-electron chi connectivity index (χ1n) is 10.1. The first-order valence-corrected chi connectivity index (χ1v) is 10.5. The Bertz CT molecular complexity index is 1210. The predicted molar refractivity (Wildman–Crippen MR) is 120 cm³/mol. The summed E-state index contributed by atoms with van der Waals surface area (Å²) in [6.45, 7) is 0. The number of esters is 1. The Morgan fingerprint density at radius 2 is 1.53 bits per heavy atom. The standard InChI is InChI=1S/C25H20ClN3O3/c1-31-23(30)25(32-2)15-24(29(28(25)16-27)18-13-11-17(26)12-14-18)21-9-5-3-7-19(21)20-8-4-6-10-22(20)24/h3-14H,15H2,1-2H3/t25-/m0/s1. The number of benzene rings is 3. The van der Waals surface area contributed by atoms with Gasteiger partial charge < -0.3 is 9.47 Å². The van der Waals surface area contributed by atoms with Crippen molar-refractivity contribution >= 4 is 23.3 Å². The van der Waals surface area contributed by atoms with E-state index in [1.165, 1.54) is 19.2 Å². The van der Waals surface area contributed by atoms with Crippen LogP contribution >= 0.6 is 11.6 Å². The van der Waals surface area contributed by atoms with Crippen molar-refractivity contribution in [3.63, 3.8) is 0 Å². The molecular weight excluding hydrogens is 426 g/mol. The largest absolute Gasteiger partial charge is 0.465 e. The summed E-state index contributed by atoms with van der Waals surface area (Å²) >= 11 is 6.16. The van der Waals surface area contributed by atoms with Crippen LogP contribution in [0.4, 0.5) is 5.69 Å². The summed E-state index contributed by atoms with van der Waals surface area (Å²) < 4.78 is 10.9. The molecule has 1 aliphatic carbocycles. The molecule has 3 aromatic carbocycles. The Kier molecular flexibility index (Phi) is 4.63. The third kappa shape index (κ3) is 2.46. The minimum atomic E-state index is -1.65. The molecule has 32 heavy (non-hydrogen) atoms. The second-order valence-electron chi connectivity index (χ2n) is 7.81. The quantitative estimate of drug-likeness (QED) is 0.430. The number of hydrazine groups is 1. The van der Waals surface area contributed by atoms with Crippen molar-refractivity contribution in [1.29, 1.82) is 5.26 Å². The molecule has 6 nitrogen and oxygen atoms in total. The summed E-state index contributed by atoms with van der Waals surface area (Å²) in [4.78, 5) is 13.1. The van der Waals surface area contributed by atoms with E-state index in [9.17, 15) is 10.1 Å². The van der Waals surface area contributed by atoms with E-state index in [1.807, 2.05) is 53.5 Å². The van der Waals surface area contributed by atoms with Crippen LogP contribution in [-0.2, 0) is 19.8 Å². The zero-order valence-corrected chi connectivity index (χ0v) is 18.3. The normalized spacial score (nSPS) is 20.1. The van der Waals surface area contributed by atoms with Crippen LogP contribution in [0.25, 0.3) is 11.1 Å². The molecule has 1 saturated heterocycles. The molecule has 3 aromatic rings. The SMILES string of the molecule is COC(=O)[C@@]1(OC)CC2(c3ccccc3-c3ccccc32)N(c2ccc(Cl)cc2)N1C#N. The second kappa shape index (κ2) is 7.27. The number of hydrogen-bond acceptors (Lipinski definition) is 6. The van der Waals surface area contributed by atoms with Crippen molar-refractivity contribution < 1.29 is 14.3 Å². The number of fused-ring (bicyclic) bond motifs is 5. The van der Waals surface area contributed by atoms with Gasteiger partial charge in [-0.15, -0.1) is 0 Å². The smallest absolute Gasteiger partial charge is 0.362 e. The van der Waals surface area contributed by atoms with Crippen LogP contribution in [0, 0.1) is 11.5 Å². The summed E-state index contributed by atoms with van der Waals surface area (Å²) in [5, 5.41) is 14.0. The van der Waals surface area contributed by atoms with Gasteiger partial charge in [0.1, 0.15) is 5.54 Å². The van der Waals surface area contributed by atoms with Gasteiger partial charge in [-0.2, -0.15) is 10.3 Å². The molecule has 7 heteroatoms. The van der Waals surface area contributed by atoms with E-state index in [0.29, 0.717) is 10.7 Å². The van der Waals surface area contributed by atoms with Crippen molar-refractivity contribution in [1.82, 2.24) is 5.01 Å². The lowest BCUT2D eigenvalue weighted by molar-refractivity contribution is -0.181. The molecule has 1 atom stereocenters. The summed E-state index contributed by atoms with van der Waals surface area (Å²) in [5.41, 5.74) is 2.26. The number of nitriles is 1. The van der Waals surface area contributed by atoms with Gasteiger partial charge in [-0.3, -0.25) is 5.01 Å². The highest BCUT2D eigenvalue weighted by Gasteiger charge is 2.67. The van der Waals surface area contributed by atoms with E-state index in [1.54, 1.807) is 12.1 Å². The van der Waals surface area contributed by atoms with Crippen molar-refractivity contribution in [2.24, 2.45) is 0 Å². The van der Waals surface area contributed by atoms with E-state index in [0.717, 1.165) is 22.3 Å². The Morgan fingerprint density at radius 1 is 0.969 bits per heavy atom. The molecule has 0 saturated carbocycles. The van der Waals surface area contributed by atoms with Crippen LogP contribution in [0.3, 0.4) is 0 Å². The summed E-state index contributed by atoms with van der Waals surface area (Å²) in [5.74, 6) is -0.640. The third-order valence-corrected chi connectivity index (χ3v) is 6.69. The number of rotatable bonds is 3. The minimum Gasteiger partial charge on any atom is -0.465 e. The Balaban J connectivity index is 1.89. The monoisotopic (exact) mass is 445 g/mol. The zero-order chi connectivity index (χ0) is 22.5. The highest BCUT2D eigenvalue weighted by atomic mass is 35.5. The minimum absolute atomic E-state index is 0.160. The molecule has 0 unspecified atom stereocenters. The van der Waals surface area contributed by atoms with E-state index >= 15 is 0 Å². The van der Waals surface area contributed by atoms with Crippen molar-refractivity contribution in [3.05, 3.63) is 88.9 Å². The average molecular weight is 446 g/mol. The molecule has 1 aliphatic heterocycles. The molecule has 0 radical (unpaired) electrons. The van der Waals surface area contributed by atoms with Crippen LogP contribution in [0.1, 0.15) is 17.5 Å². The molecule has 1 heterocycles. The number of ether oxygens (including phenoxy) is 2. The van der Waals surface area contributed by atoms with Gasteiger partial charge in [0.15, 0.2) is 0 Å². The van der Waals surface area contributed by atoms with Gasteiger partial charge in [-0.05, 0) is 46.5 Å². The maximum Gasteiger partial charge on any atom is 0.362 e. The Hall–Kier alpha value is -3.53. The maximum atomic E-state index is 13.1. The number of carbonyl (C=O) groups excluding carboxylic acids is 1. The third-order valence-electron chi connectivity index (χ3n) is 6.44. The van der Waals surface area contributed by atoms with Gasteiger partial charge in [0.25, 0.3) is 5.72 Å². The lowest BCUT2D eigenvalue weighted by atomic mass is 9.81. The summed E-state index contributed by atoms with van der Waals surface area (Å²) in [6.07, 6.45) is 2.36. The first-order chi connectivity index (χ1) is 15.5. The molecule has 1 spiro atoms. The molecule has 1 fully saturated rings. The van der Waals surface area contributed by atoms with Gasteiger partial charge in [-0.1, -0.05) is 60.1 Å². The molecule has 0 aromatic heterocycles. The van der Waals surface area contributed by atoms with Crippen LogP contribution in [-0.4, -0.2) is 30.9 Å². The van der Waals surface area contributed by atoms with Gasteiger partial charge in [0, 0.05) is 18.6 Å². The van der Waals surface area contributed by atoms with Gasteiger partial charge in [0.05, 0.1) is 12.8 Å². The Morgan fingerprint density at radius 3 is 2.03 bits per heavy atom. The van der Waals surface area contributed by atoms with E-state index in [-0.39, 0.29) is 6.42 Å². The molecule has 2 aliphatic rings. The molecule has 160 valence electrons. The fraction of sp³-hybridized carbons (Fsp3) is 0.200. The molecule has 0 amide bonds. The van der Waals surface area contributed by atoms with E-state index < -0.39 is 17.2 Å². The van der Waals surface area contributed by atoms with Crippen LogP contribution in [0.5, 0.6) is 0 Å². The zero-order valence-electron chi connectivity index (χ0n) is 17.6. The number of halogens is 1. The van der Waals surface area contributed by atoms with Gasteiger partial charge in [-0.25, -0.2) is 4.79 Å². The van der Waals surface area contributed by atoms with Crippen LogP contribution in [0.2, 0.25) is 5.02 Å². The fourth-order valence-electron chi connectivity index (χ4n) is 5.15. The van der Waals surface area contributed by atoms with Crippen molar-refractivity contribution in [2.75, 3.05) is 19.2 Å². The van der Waals surface area contributed by atoms with Crippen molar-refractivity contribution in [3.8, 4) is 17.3 Å². The topological polar surface area (TPSA) is 65.8 Å². The van der Waals surface area contributed by atoms with E-state index in [4.69, 9.17) is 21.1 Å². The first kappa shape index (κ1) is 20.4. The van der Waals surface area contributed by atoms with Gasteiger partial charge in [0.2, 0.25) is 6.19 Å². The second-order valence-corrected chi connectivity index (χ2v) is 8.24. The molecular formula is C25H20ClN3O3. The number of methoxy groups -OCH3 is 2. The molecule has 0 N–H and O–H groups in total. The van der Waals surface area contributed by atoms with Crippen molar-refractivity contribution in [2.45, 2.75) is 17.7 Å². The fourth-order valence-corrected chi connectivity index (χ4v) is 5.28. The predicted octanol–water partition coefficient (Wildman–Crippen LogP) is 4.69. The average Bonchev–Trinajstić information content (AvgIpc) is 3.30. The number of carbonyl (C=O) groups is 1. The van der Waals surface area contributed by atoms with Crippen LogP contribution in [0.15, 0.2) is 72.8 Å². The highest BCUT2D eigenvalue weighted by Crippen LogP contribution is 2.60. The maximum absolute atomic E-state index is 13.1. The molecule has 5 rings (SSSR count). The van der Waals surface area contributed by atoms with Gasteiger partial charge >= 0.3 is 5.97 Å². The summed E-state index contributed by atoms with van der Waals surface area (Å²) in [6, 6.07) is 23.3. The highest BCUT2D eigenvalue weighted by molar-refractivity contribution is 6.30. The lowest BCUT2D eigenvalue weighted by Crippen LogP contribution is -2.55. The number of hydrogen-bond donors (Lipinski definition) is 0. The van der Waals surface area contributed by atoms with Crippen LogP contribution < -0.4 is 5.01 Å². The lowest BCUT2D eigenvalue weighted by Gasteiger charge is -2.40. The van der Waals surface area contributed by atoms with E-state index in [2.05, 4.69) is 18.3 Å². The molecule has 0 bridgehead atoms. The number of anilines is 1. The summed E-state index contributed by atoms with van der Waals surface area (Å²) in [7, 11) is 2.72.